The number of rotatable bonds is 5. The molecule has 5 rings (SSSR count). The van der Waals surface area contributed by atoms with Gasteiger partial charge in [0.2, 0.25) is 0 Å². The van der Waals surface area contributed by atoms with Crippen molar-refractivity contribution in [1.29, 1.82) is 0 Å². The number of benzene rings is 1. The van der Waals surface area contributed by atoms with Crippen molar-refractivity contribution in [1.82, 2.24) is 24.4 Å². The number of carbonyl (C=O) groups excluding carboxylic acids is 1. The molecule has 4 aromatic rings. The van der Waals surface area contributed by atoms with Crippen LogP contribution in [0.5, 0.6) is 0 Å². The molecule has 1 fully saturated rings. The summed E-state index contributed by atoms with van der Waals surface area (Å²) in [5, 5.41) is 10.5. The van der Waals surface area contributed by atoms with Crippen molar-refractivity contribution in [3.05, 3.63) is 77.1 Å². The molecule has 164 valence electrons. The molecule has 3 aromatic heterocycles. The lowest BCUT2D eigenvalue weighted by atomic mass is 10.2. The minimum Gasteiger partial charge on any atom is -0.304 e. The van der Waals surface area contributed by atoms with E-state index < -0.39 is 17.8 Å². The van der Waals surface area contributed by atoms with Crippen molar-refractivity contribution in [2.45, 2.75) is 31.5 Å². The summed E-state index contributed by atoms with van der Waals surface area (Å²) in [5.74, 6) is -0.888. The summed E-state index contributed by atoms with van der Waals surface area (Å²) in [5.41, 5.74) is -0.182. The van der Waals surface area contributed by atoms with E-state index in [0.29, 0.717) is 15.8 Å². The monoisotopic (exact) mass is 444 g/mol. The maximum atomic E-state index is 13.5. The van der Waals surface area contributed by atoms with E-state index in [1.54, 1.807) is 18.3 Å². The molecule has 11 heteroatoms. The van der Waals surface area contributed by atoms with Crippen LogP contribution in [-0.2, 0) is 12.7 Å². The molecule has 7 nitrogen and oxygen atoms in total. The first-order valence-electron chi connectivity index (χ1n) is 9.83. The zero-order valence-corrected chi connectivity index (χ0v) is 16.5. The lowest BCUT2D eigenvalue weighted by molar-refractivity contribution is -0.142. The van der Waals surface area contributed by atoms with Crippen LogP contribution in [0.25, 0.3) is 5.65 Å². The van der Waals surface area contributed by atoms with Gasteiger partial charge in [0.05, 0.1) is 6.54 Å². The highest BCUT2D eigenvalue weighted by molar-refractivity contribution is 6.02. The smallest absolute Gasteiger partial charge is 0.304 e. The van der Waals surface area contributed by atoms with Gasteiger partial charge in [0, 0.05) is 29.9 Å². The molecule has 0 radical (unpaired) electrons. The fourth-order valence-electron chi connectivity index (χ4n) is 3.41. The Labute approximate surface area is 178 Å². The molecule has 1 N–H and O–H groups in total. The minimum absolute atomic E-state index is 0.00957. The van der Waals surface area contributed by atoms with Crippen molar-refractivity contribution in [3.63, 3.8) is 0 Å². The third-order valence-electron chi connectivity index (χ3n) is 5.08. The SMILES string of the molecule is O=C(Nc1ccn(Cc2cccc(F)c2)n1)c1cc2nc(C3CC3)cc(C(F)(F)F)n2n1. The molecule has 0 aliphatic heterocycles. The Balaban J connectivity index is 1.38. The molecular formula is C21H16F4N6O. The number of halogens is 4. The number of aromatic nitrogens is 5. The molecule has 0 unspecified atom stereocenters. The van der Waals surface area contributed by atoms with Crippen LogP contribution in [0.2, 0.25) is 0 Å². The minimum atomic E-state index is -4.64. The van der Waals surface area contributed by atoms with Crippen molar-refractivity contribution in [2.24, 2.45) is 0 Å². The Bertz CT molecular complexity index is 1320. The molecule has 0 spiro atoms. The number of hydrogen-bond donors (Lipinski definition) is 1. The van der Waals surface area contributed by atoms with Gasteiger partial charge in [0.15, 0.2) is 17.2 Å². The standard InChI is InChI=1S/C21H16F4N6O/c22-14-3-1-2-12(8-14)11-30-7-6-18(29-30)27-20(32)16-10-19-26-15(13-4-5-13)9-17(21(23,24)25)31(19)28-16/h1-3,6-10,13H,4-5,11H2,(H,27,29,32). The van der Waals surface area contributed by atoms with E-state index in [4.69, 9.17) is 0 Å². The van der Waals surface area contributed by atoms with Crippen molar-refractivity contribution in [2.75, 3.05) is 5.32 Å². The first kappa shape index (κ1) is 20.2. The van der Waals surface area contributed by atoms with E-state index in [0.717, 1.165) is 18.9 Å². The number of fused-ring (bicyclic) bond motifs is 1. The third kappa shape index (κ3) is 4.05. The van der Waals surface area contributed by atoms with Crippen LogP contribution >= 0.6 is 0 Å². The Kier molecular flexibility index (Phi) is 4.68. The molecule has 0 atom stereocenters. The zero-order chi connectivity index (χ0) is 22.5. The summed E-state index contributed by atoms with van der Waals surface area (Å²) >= 11 is 0. The Morgan fingerprint density at radius 3 is 2.66 bits per heavy atom. The van der Waals surface area contributed by atoms with Gasteiger partial charge in [-0.05, 0) is 36.6 Å². The van der Waals surface area contributed by atoms with Gasteiger partial charge in [-0.2, -0.15) is 23.4 Å². The van der Waals surface area contributed by atoms with Gasteiger partial charge >= 0.3 is 6.18 Å². The first-order chi connectivity index (χ1) is 15.3. The van der Waals surface area contributed by atoms with E-state index in [2.05, 4.69) is 20.5 Å². The van der Waals surface area contributed by atoms with Gasteiger partial charge in [-0.25, -0.2) is 13.9 Å². The molecule has 0 bridgehead atoms. The van der Waals surface area contributed by atoms with Crippen molar-refractivity contribution in [3.8, 4) is 0 Å². The third-order valence-corrected chi connectivity index (χ3v) is 5.08. The van der Waals surface area contributed by atoms with Gasteiger partial charge in [-0.3, -0.25) is 9.48 Å². The van der Waals surface area contributed by atoms with Gasteiger partial charge in [0.25, 0.3) is 5.91 Å². The second-order valence-electron chi connectivity index (χ2n) is 7.62. The van der Waals surface area contributed by atoms with Crippen LogP contribution in [0, 0.1) is 5.82 Å². The summed E-state index contributed by atoms with van der Waals surface area (Å²) in [6.45, 7) is 0.283. The normalized spacial score (nSPS) is 14.1. The van der Waals surface area contributed by atoms with E-state index >= 15 is 0 Å². The largest absolute Gasteiger partial charge is 0.433 e. The van der Waals surface area contributed by atoms with Crippen LogP contribution in [0.4, 0.5) is 23.4 Å². The summed E-state index contributed by atoms with van der Waals surface area (Å²) in [6, 6.07) is 9.77. The Hall–Kier alpha value is -3.76. The molecule has 0 saturated heterocycles. The van der Waals surface area contributed by atoms with Crippen LogP contribution in [0.1, 0.15) is 46.2 Å². The number of nitrogens with one attached hydrogen (secondary N) is 1. The van der Waals surface area contributed by atoms with Crippen LogP contribution < -0.4 is 5.32 Å². The fourth-order valence-corrected chi connectivity index (χ4v) is 3.41. The second kappa shape index (κ2) is 7.43. The van der Waals surface area contributed by atoms with Gasteiger partial charge in [-0.15, -0.1) is 0 Å². The van der Waals surface area contributed by atoms with E-state index in [1.165, 1.54) is 28.9 Å². The number of anilines is 1. The van der Waals surface area contributed by atoms with Crippen LogP contribution in [0.3, 0.4) is 0 Å². The molecule has 1 aromatic carbocycles. The van der Waals surface area contributed by atoms with E-state index in [1.807, 2.05) is 0 Å². The first-order valence-corrected chi connectivity index (χ1v) is 9.83. The van der Waals surface area contributed by atoms with Gasteiger partial charge in [0.1, 0.15) is 11.5 Å². The summed E-state index contributed by atoms with van der Waals surface area (Å²) in [7, 11) is 0. The van der Waals surface area contributed by atoms with Crippen molar-refractivity contribution >= 4 is 17.4 Å². The highest BCUT2D eigenvalue weighted by atomic mass is 19.4. The maximum Gasteiger partial charge on any atom is 0.433 e. The molecule has 3 heterocycles. The molecular weight excluding hydrogens is 428 g/mol. The average Bonchev–Trinajstić information content (AvgIpc) is 3.34. The van der Waals surface area contributed by atoms with Gasteiger partial charge < -0.3 is 5.32 Å². The van der Waals surface area contributed by atoms with Crippen LogP contribution in [0.15, 0.2) is 48.7 Å². The molecule has 32 heavy (non-hydrogen) atoms. The van der Waals surface area contributed by atoms with E-state index in [9.17, 15) is 22.4 Å². The Morgan fingerprint density at radius 2 is 1.94 bits per heavy atom. The summed E-state index contributed by atoms with van der Waals surface area (Å²) < 4.78 is 56.0. The molecule has 1 saturated carbocycles. The van der Waals surface area contributed by atoms with Crippen LogP contribution in [-0.4, -0.2) is 30.3 Å². The van der Waals surface area contributed by atoms with E-state index in [-0.39, 0.29) is 35.4 Å². The number of nitrogens with zero attached hydrogens (tertiary/aromatic N) is 5. The van der Waals surface area contributed by atoms with Gasteiger partial charge in [-0.1, -0.05) is 12.1 Å². The second-order valence-corrected chi connectivity index (χ2v) is 7.62. The number of alkyl halides is 3. The molecule has 1 aliphatic rings. The highest BCUT2D eigenvalue weighted by Crippen LogP contribution is 2.41. The molecule has 1 aliphatic carbocycles. The lowest BCUT2D eigenvalue weighted by Gasteiger charge is -2.10. The topological polar surface area (TPSA) is 77.1 Å². The summed E-state index contributed by atoms with van der Waals surface area (Å²) in [4.78, 5) is 16.8. The number of carbonyl (C=O) groups is 1. The fraction of sp³-hybridized carbons (Fsp3) is 0.238. The lowest BCUT2D eigenvalue weighted by Crippen LogP contribution is -2.16. The average molecular weight is 444 g/mol. The quantitative estimate of drug-likeness (QED) is 0.467. The predicted molar refractivity (Wildman–Crippen MR) is 106 cm³/mol. The number of amides is 1. The zero-order valence-electron chi connectivity index (χ0n) is 16.5. The Morgan fingerprint density at radius 1 is 1.12 bits per heavy atom. The molecule has 1 amide bonds. The predicted octanol–water partition coefficient (Wildman–Crippen LogP) is 4.26. The van der Waals surface area contributed by atoms with Crippen molar-refractivity contribution < 1.29 is 22.4 Å². The highest BCUT2D eigenvalue weighted by Gasteiger charge is 2.37. The summed E-state index contributed by atoms with van der Waals surface area (Å²) in [6.07, 6.45) is -1.46. The number of hydrogen-bond acceptors (Lipinski definition) is 4. The maximum absolute atomic E-state index is 13.5.